The molecule has 0 unspecified atom stereocenters. The third kappa shape index (κ3) is 4.21. The number of carbonyl (C=O) groups is 2. The number of rotatable bonds is 6. The van der Waals surface area contributed by atoms with Crippen LogP contribution in [0.4, 0.5) is 5.69 Å². The molecule has 1 aliphatic heterocycles. The van der Waals surface area contributed by atoms with E-state index in [1.165, 1.54) is 11.8 Å². The van der Waals surface area contributed by atoms with Gasteiger partial charge in [0, 0.05) is 41.9 Å². The van der Waals surface area contributed by atoms with Gasteiger partial charge in [-0.1, -0.05) is 23.4 Å². The molecule has 8 heteroatoms. The summed E-state index contributed by atoms with van der Waals surface area (Å²) in [7, 11) is 1.87. The van der Waals surface area contributed by atoms with Crippen molar-refractivity contribution in [3.05, 3.63) is 59.1 Å². The Kier molecular flexibility index (Phi) is 5.69. The first-order chi connectivity index (χ1) is 14.0. The second-order valence-corrected chi connectivity index (χ2v) is 8.16. The Bertz CT molecular complexity index is 1050. The van der Waals surface area contributed by atoms with Gasteiger partial charge in [0.15, 0.2) is 16.8 Å². The molecule has 3 aromatic rings. The van der Waals surface area contributed by atoms with Crippen molar-refractivity contribution >= 4 is 40.7 Å². The Hall–Kier alpha value is -2.64. The summed E-state index contributed by atoms with van der Waals surface area (Å²) in [5, 5.41) is 9.76. The molecule has 0 aliphatic carbocycles. The number of nitrogens with zero attached hydrogens (tertiary/aromatic N) is 4. The normalized spacial score (nSPS) is 13.9. The summed E-state index contributed by atoms with van der Waals surface area (Å²) in [6, 6.07) is 14.6. The Morgan fingerprint density at radius 3 is 2.48 bits per heavy atom. The maximum absolute atomic E-state index is 12.6. The molecular weight excluding hydrogens is 408 g/mol. The number of thioether (sulfide) groups is 1. The first-order valence-corrected chi connectivity index (χ1v) is 10.6. The van der Waals surface area contributed by atoms with Crippen LogP contribution in [-0.4, -0.2) is 38.8 Å². The van der Waals surface area contributed by atoms with Crippen LogP contribution in [0.15, 0.2) is 53.7 Å². The topological polar surface area (TPSA) is 68.1 Å². The third-order valence-corrected chi connectivity index (χ3v) is 6.12. The van der Waals surface area contributed by atoms with Crippen molar-refractivity contribution in [2.75, 3.05) is 17.2 Å². The summed E-state index contributed by atoms with van der Waals surface area (Å²) in [4.78, 5) is 26.2. The van der Waals surface area contributed by atoms with Crippen LogP contribution in [0.3, 0.4) is 0 Å². The number of aromatic nitrogens is 3. The van der Waals surface area contributed by atoms with Gasteiger partial charge >= 0.3 is 0 Å². The lowest BCUT2D eigenvalue weighted by Crippen LogP contribution is -2.23. The number of halogens is 1. The number of amides is 1. The van der Waals surface area contributed by atoms with E-state index in [4.69, 9.17) is 11.6 Å². The maximum Gasteiger partial charge on any atom is 0.227 e. The lowest BCUT2D eigenvalue weighted by molar-refractivity contribution is -0.117. The van der Waals surface area contributed by atoms with Gasteiger partial charge in [0.25, 0.3) is 0 Å². The zero-order valence-electron chi connectivity index (χ0n) is 15.8. The molecule has 4 rings (SSSR count). The molecule has 0 spiro atoms. The standard InChI is InChI=1S/C21H19ClN4O2S/c1-25-20(15-4-8-16(22)9-5-15)23-24-21(25)29-13-18(27)14-6-10-17(11-7-14)26-12-2-3-19(26)28/h4-11H,2-3,12-13H2,1H3. The van der Waals surface area contributed by atoms with Crippen LogP contribution in [0.1, 0.15) is 23.2 Å². The molecule has 6 nitrogen and oxygen atoms in total. The number of Topliss-reactive ketones (excluding diaryl/α,β-unsaturated/α-hetero) is 1. The van der Waals surface area contributed by atoms with E-state index in [1.54, 1.807) is 29.2 Å². The fourth-order valence-corrected chi connectivity index (χ4v) is 4.18. The fourth-order valence-electron chi connectivity index (χ4n) is 3.25. The van der Waals surface area contributed by atoms with Gasteiger partial charge in [0.2, 0.25) is 5.91 Å². The molecule has 148 valence electrons. The molecule has 1 aromatic heterocycles. The summed E-state index contributed by atoms with van der Waals surface area (Å²) in [5.74, 6) is 1.12. The molecular formula is C21H19ClN4O2S. The van der Waals surface area contributed by atoms with Gasteiger partial charge in [-0.3, -0.25) is 9.59 Å². The van der Waals surface area contributed by atoms with Crippen LogP contribution < -0.4 is 4.90 Å². The predicted octanol–water partition coefficient (Wildman–Crippen LogP) is 4.24. The Morgan fingerprint density at radius 2 is 1.83 bits per heavy atom. The summed E-state index contributed by atoms with van der Waals surface area (Å²) in [6.45, 7) is 0.740. The monoisotopic (exact) mass is 426 g/mol. The zero-order valence-corrected chi connectivity index (χ0v) is 17.4. The van der Waals surface area contributed by atoms with Crippen molar-refractivity contribution in [3.8, 4) is 11.4 Å². The van der Waals surface area contributed by atoms with Crippen LogP contribution in [0.2, 0.25) is 5.02 Å². The molecule has 0 atom stereocenters. The van der Waals surface area contributed by atoms with Crippen LogP contribution in [0, 0.1) is 0 Å². The molecule has 0 bridgehead atoms. The molecule has 0 N–H and O–H groups in total. The van der Waals surface area contributed by atoms with E-state index in [2.05, 4.69) is 10.2 Å². The first kappa shape index (κ1) is 19.7. The number of anilines is 1. The summed E-state index contributed by atoms with van der Waals surface area (Å²) >= 11 is 7.28. The van der Waals surface area contributed by atoms with Gasteiger partial charge in [-0.15, -0.1) is 10.2 Å². The van der Waals surface area contributed by atoms with E-state index in [0.717, 1.165) is 30.0 Å². The number of ketones is 1. The van der Waals surface area contributed by atoms with Gasteiger partial charge in [0.1, 0.15) is 0 Å². The molecule has 2 aromatic carbocycles. The van der Waals surface area contributed by atoms with Crippen molar-refractivity contribution < 1.29 is 9.59 Å². The van der Waals surface area contributed by atoms with E-state index in [1.807, 2.05) is 35.9 Å². The van der Waals surface area contributed by atoms with Crippen molar-refractivity contribution in [2.24, 2.45) is 7.05 Å². The maximum atomic E-state index is 12.6. The number of carbonyl (C=O) groups excluding carboxylic acids is 2. The lowest BCUT2D eigenvalue weighted by Gasteiger charge is -2.15. The summed E-state index contributed by atoms with van der Waals surface area (Å²) in [5.41, 5.74) is 2.38. The van der Waals surface area contributed by atoms with Crippen molar-refractivity contribution in [2.45, 2.75) is 18.0 Å². The molecule has 0 saturated carbocycles. The molecule has 29 heavy (non-hydrogen) atoms. The minimum absolute atomic E-state index is 0.00495. The highest BCUT2D eigenvalue weighted by Crippen LogP contribution is 2.25. The van der Waals surface area contributed by atoms with Crippen molar-refractivity contribution in [1.82, 2.24) is 14.8 Å². The van der Waals surface area contributed by atoms with E-state index >= 15 is 0 Å². The minimum atomic E-state index is 0.00495. The fraction of sp³-hybridized carbons (Fsp3) is 0.238. The molecule has 1 aliphatic rings. The average Bonchev–Trinajstić information content (AvgIpc) is 3.32. The highest BCUT2D eigenvalue weighted by molar-refractivity contribution is 7.99. The summed E-state index contributed by atoms with van der Waals surface area (Å²) in [6.07, 6.45) is 1.47. The Morgan fingerprint density at radius 1 is 1.10 bits per heavy atom. The third-order valence-electron chi connectivity index (χ3n) is 4.84. The van der Waals surface area contributed by atoms with Crippen LogP contribution >= 0.6 is 23.4 Å². The summed E-state index contributed by atoms with van der Waals surface area (Å²) < 4.78 is 1.86. The van der Waals surface area contributed by atoms with Gasteiger partial charge in [-0.05, 0) is 55.0 Å². The van der Waals surface area contributed by atoms with E-state index < -0.39 is 0 Å². The van der Waals surface area contributed by atoms with Gasteiger partial charge < -0.3 is 9.47 Å². The SMILES string of the molecule is Cn1c(SCC(=O)c2ccc(N3CCCC3=O)cc2)nnc1-c1ccc(Cl)cc1. The zero-order chi connectivity index (χ0) is 20.4. The molecule has 1 saturated heterocycles. The molecule has 2 heterocycles. The largest absolute Gasteiger partial charge is 0.312 e. The van der Waals surface area contributed by atoms with Crippen LogP contribution in [0.25, 0.3) is 11.4 Å². The Labute approximate surface area is 177 Å². The van der Waals surface area contributed by atoms with Crippen LogP contribution in [0.5, 0.6) is 0 Å². The second-order valence-electron chi connectivity index (χ2n) is 6.78. The van der Waals surface area contributed by atoms with E-state index in [-0.39, 0.29) is 17.4 Å². The molecule has 1 fully saturated rings. The van der Waals surface area contributed by atoms with Gasteiger partial charge in [-0.25, -0.2) is 0 Å². The highest BCUT2D eigenvalue weighted by Gasteiger charge is 2.21. The highest BCUT2D eigenvalue weighted by atomic mass is 35.5. The van der Waals surface area contributed by atoms with E-state index in [9.17, 15) is 9.59 Å². The van der Waals surface area contributed by atoms with Gasteiger partial charge in [-0.2, -0.15) is 0 Å². The average molecular weight is 427 g/mol. The lowest BCUT2D eigenvalue weighted by atomic mass is 10.1. The first-order valence-electron chi connectivity index (χ1n) is 9.24. The van der Waals surface area contributed by atoms with Crippen LogP contribution in [-0.2, 0) is 11.8 Å². The predicted molar refractivity (Wildman–Crippen MR) is 115 cm³/mol. The second kappa shape index (κ2) is 8.39. The van der Waals surface area contributed by atoms with E-state index in [0.29, 0.717) is 22.2 Å². The minimum Gasteiger partial charge on any atom is -0.312 e. The van der Waals surface area contributed by atoms with Crippen molar-refractivity contribution in [1.29, 1.82) is 0 Å². The number of hydrogen-bond donors (Lipinski definition) is 0. The molecule has 1 amide bonds. The van der Waals surface area contributed by atoms with Crippen molar-refractivity contribution in [3.63, 3.8) is 0 Å². The smallest absolute Gasteiger partial charge is 0.227 e. The quantitative estimate of drug-likeness (QED) is 0.435. The number of benzene rings is 2. The van der Waals surface area contributed by atoms with Gasteiger partial charge in [0.05, 0.1) is 5.75 Å². The molecule has 0 radical (unpaired) electrons. The Balaban J connectivity index is 1.41. The number of hydrogen-bond acceptors (Lipinski definition) is 5.